The SMILES string of the molecule is CN1CCN(C)C(CNC2=NCC(c3ccccc3)S2)C1. The lowest BCUT2D eigenvalue weighted by molar-refractivity contribution is 0.116. The van der Waals surface area contributed by atoms with E-state index in [4.69, 9.17) is 0 Å². The third kappa shape index (κ3) is 3.78. The van der Waals surface area contributed by atoms with Gasteiger partial charge in [0.15, 0.2) is 5.17 Å². The van der Waals surface area contributed by atoms with Gasteiger partial charge in [0.2, 0.25) is 0 Å². The van der Waals surface area contributed by atoms with Crippen molar-refractivity contribution in [2.45, 2.75) is 11.3 Å². The fraction of sp³-hybridized carbons (Fsp3) is 0.562. The van der Waals surface area contributed by atoms with E-state index < -0.39 is 0 Å². The van der Waals surface area contributed by atoms with Gasteiger partial charge in [0, 0.05) is 32.2 Å². The Morgan fingerprint density at radius 3 is 2.86 bits per heavy atom. The van der Waals surface area contributed by atoms with Crippen LogP contribution < -0.4 is 5.32 Å². The lowest BCUT2D eigenvalue weighted by Gasteiger charge is -2.37. The Morgan fingerprint density at radius 2 is 2.05 bits per heavy atom. The topological polar surface area (TPSA) is 30.9 Å². The molecule has 2 atom stereocenters. The number of nitrogens with zero attached hydrogens (tertiary/aromatic N) is 3. The monoisotopic (exact) mass is 304 g/mol. The fourth-order valence-electron chi connectivity index (χ4n) is 2.84. The van der Waals surface area contributed by atoms with Gasteiger partial charge in [-0.15, -0.1) is 0 Å². The zero-order chi connectivity index (χ0) is 14.7. The summed E-state index contributed by atoms with van der Waals surface area (Å²) in [5.74, 6) is 0. The van der Waals surface area contributed by atoms with Gasteiger partial charge in [0.25, 0.3) is 0 Å². The van der Waals surface area contributed by atoms with E-state index in [0.29, 0.717) is 11.3 Å². The first-order valence-electron chi connectivity index (χ1n) is 7.61. The summed E-state index contributed by atoms with van der Waals surface area (Å²) in [5, 5.41) is 5.12. The summed E-state index contributed by atoms with van der Waals surface area (Å²) in [6, 6.07) is 11.2. The normalized spacial score (nSPS) is 27.6. The van der Waals surface area contributed by atoms with Crippen molar-refractivity contribution >= 4 is 16.9 Å². The first-order chi connectivity index (χ1) is 10.2. The summed E-state index contributed by atoms with van der Waals surface area (Å²) in [6.07, 6.45) is 0. The Balaban J connectivity index is 1.49. The van der Waals surface area contributed by atoms with E-state index in [1.165, 1.54) is 12.1 Å². The molecule has 1 saturated heterocycles. The Kier molecular flexibility index (Phi) is 4.83. The van der Waals surface area contributed by atoms with Crippen molar-refractivity contribution in [3.05, 3.63) is 35.9 Å². The molecule has 0 aliphatic carbocycles. The van der Waals surface area contributed by atoms with Gasteiger partial charge in [0.05, 0.1) is 11.8 Å². The largest absolute Gasteiger partial charge is 0.363 e. The van der Waals surface area contributed by atoms with Crippen LogP contribution in [-0.2, 0) is 0 Å². The quantitative estimate of drug-likeness (QED) is 0.920. The zero-order valence-corrected chi connectivity index (χ0v) is 13.6. The van der Waals surface area contributed by atoms with Crippen molar-refractivity contribution in [2.75, 3.05) is 46.8 Å². The first-order valence-corrected chi connectivity index (χ1v) is 8.49. The maximum Gasteiger partial charge on any atom is 0.157 e. The maximum atomic E-state index is 4.66. The van der Waals surface area contributed by atoms with Crippen LogP contribution in [0.2, 0.25) is 0 Å². The number of nitrogens with one attached hydrogen (secondary N) is 1. The van der Waals surface area contributed by atoms with Crippen LogP contribution in [-0.4, -0.2) is 67.8 Å². The van der Waals surface area contributed by atoms with Crippen LogP contribution in [0.5, 0.6) is 0 Å². The number of benzene rings is 1. The Bertz CT molecular complexity index is 490. The molecular formula is C16H24N4S. The molecule has 2 aliphatic rings. The summed E-state index contributed by atoms with van der Waals surface area (Å²) in [5.41, 5.74) is 1.37. The molecule has 2 unspecified atom stereocenters. The smallest absolute Gasteiger partial charge is 0.157 e. The maximum absolute atomic E-state index is 4.66. The summed E-state index contributed by atoms with van der Waals surface area (Å²) < 4.78 is 0. The molecule has 1 aromatic carbocycles. The van der Waals surface area contributed by atoms with E-state index >= 15 is 0 Å². The molecule has 1 fully saturated rings. The number of thioether (sulfide) groups is 1. The minimum Gasteiger partial charge on any atom is -0.363 e. The number of piperazine rings is 1. The fourth-order valence-corrected chi connectivity index (χ4v) is 3.87. The molecule has 0 aromatic heterocycles. The summed E-state index contributed by atoms with van der Waals surface area (Å²) >= 11 is 1.86. The molecule has 4 nitrogen and oxygen atoms in total. The number of hydrogen-bond donors (Lipinski definition) is 1. The van der Waals surface area contributed by atoms with E-state index in [1.807, 2.05) is 11.8 Å². The van der Waals surface area contributed by atoms with E-state index in [1.54, 1.807) is 0 Å². The second kappa shape index (κ2) is 6.81. The van der Waals surface area contributed by atoms with Crippen LogP contribution in [0, 0.1) is 0 Å². The predicted octanol–water partition coefficient (Wildman–Crippen LogP) is 1.67. The molecule has 1 aromatic rings. The molecule has 114 valence electrons. The third-order valence-electron chi connectivity index (χ3n) is 4.30. The summed E-state index contributed by atoms with van der Waals surface area (Å²) in [7, 11) is 4.42. The second-order valence-electron chi connectivity index (χ2n) is 5.94. The van der Waals surface area contributed by atoms with Crippen LogP contribution >= 0.6 is 11.8 Å². The highest BCUT2D eigenvalue weighted by Crippen LogP contribution is 2.34. The van der Waals surface area contributed by atoms with E-state index in [9.17, 15) is 0 Å². The highest BCUT2D eigenvalue weighted by atomic mass is 32.2. The van der Waals surface area contributed by atoms with Crippen LogP contribution in [0.3, 0.4) is 0 Å². The molecule has 0 bridgehead atoms. The Labute approximate surface area is 131 Å². The number of aliphatic imine (C=N–C) groups is 1. The molecule has 5 heteroatoms. The predicted molar refractivity (Wildman–Crippen MR) is 91.0 cm³/mol. The standard InChI is InChI=1S/C16H24N4S/c1-19-8-9-20(2)14(12-19)10-17-16-18-11-15(21-16)13-6-4-3-5-7-13/h3-7,14-15H,8-12H2,1-2H3,(H,17,18). The molecule has 3 rings (SSSR count). The molecule has 0 spiro atoms. The van der Waals surface area contributed by atoms with Gasteiger partial charge in [-0.05, 0) is 19.7 Å². The second-order valence-corrected chi connectivity index (χ2v) is 7.13. The zero-order valence-electron chi connectivity index (χ0n) is 12.8. The highest BCUT2D eigenvalue weighted by Gasteiger charge is 2.25. The summed E-state index contributed by atoms with van der Waals surface area (Å²) in [4.78, 5) is 9.51. The molecule has 21 heavy (non-hydrogen) atoms. The van der Waals surface area contributed by atoms with Gasteiger partial charge in [-0.2, -0.15) is 0 Å². The van der Waals surface area contributed by atoms with Gasteiger partial charge in [-0.25, -0.2) is 0 Å². The van der Waals surface area contributed by atoms with E-state index in [0.717, 1.165) is 31.3 Å². The van der Waals surface area contributed by atoms with Crippen molar-refractivity contribution < 1.29 is 0 Å². The molecule has 2 heterocycles. The number of rotatable bonds is 3. The lowest BCUT2D eigenvalue weighted by atomic mass is 10.1. The first kappa shape index (κ1) is 14.9. The van der Waals surface area contributed by atoms with Crippen molar-refractivity contribution in [3.8, 4) is 0 Å². The molecule has 2 aliphatic heterocycles. The molecule has 1 N–H and O–H groups in total. The number of amidine groups is 1. The molecular weight excluding hydrogens is 280 g/mol. The van der Waals surface area contributed by atoms with Crippen LogP contribution in [0.4, 0.5) is 0 Å². The van der Waals surface area contributed by atoms with Crippen molar-refractivity contribution in [1.29, 1.82) is 0 Å². The Morgan fingerprint density at radius 1 is 1.24 bits per heavy atom. The number of hydrogen-bond acceptors (Lipinski definition) is 5. The minimum atomic E-state index is 0.473. The minimum absolute atomic E-state index is 0.473. The average molecular weight is 304 g/mol. The number of likely N-dealkylation sites (N-methyl/N-ethyl adjacent to an activating group) is 2. The van der Waals surface area contributed by atoms with Crippen molar-refractivity contribution in [1.82, 2.24) is 15.1 Å². The van der Waals surface area contributed by atoms with Gasteiger partial charge in [-0.1, -0.05) is 42.1 Å². The lowest BCUT2D eigenvalue weighted by Crippen LogP contribution is -2.54. The average Bonchev–Trinajstić information content (AvgIpc) is 2.98. The van der Waals surface area contributed by atoms with Crippen LogP contribution in [0.15, 0.2) is 35.3 Å². The van der Waals surface area contributed by atoms with Crippen molar-refractivity contribution in [2.24, 2.45) is 4.99 Å². The van der Waals surface area contributed by atoms with Gasteiger partial charge in [-0.3, -0.25) is 9.89 Å². The molecule has 0 radical (unpaired) electrons. The van der Waals surface area contributed by atoms with Gasteiger partial charge < -0.3 is 10.2 Å². The van der Waals surface area contributed by atoms with Crippen LogP contribution in [0.25, 0.3) is 0 Å². The third-order valence-corrected chi connectivity index (χ3v) is 5.50. The Hall–Kier alpha value is -1.04. The van der Waals surface area contributed by atoms with Gasteiger partial charge in [0.1, 0.15) is 0 Å². The van der Waals surface area contributed by atoms with Crippen molar-refractivity contribution in [3.63, 3.8) is 0 Å². The van der Waals surface area contributed by atoms with E-state index in [-0.39, 0.29) is 0 Å². The highest BCUT2D eigenvalue weighted by molar-refractivity contribution is 8.14. The van der Waals surface area contributed by atoms with Gasteiger partial charge >= 0.3 is 0 Å². The summed E-state index contributed by atoms with van der Waals surface area (Å²) in [6.45, 7) is 5.31. The molecule has 0 amide bonds. The van der Waals surface area contributed by atoms with E-state index in [2.05, 4.69) is 64.5 Å². The molecule has 0 saturated carbocycles. The van der Waals surface area contributed by atoms with Crippen LogP contribution in [0.1, 0.15) is 10.8 Å².